The van der Waals surface area contributed by atoms with Gasteiger partial charge in [0, 0.05) is 21.1 Å². The number of benzene rings is 1. The van der Waals surface area contributed by atoms with Crippen LogP contribution in [0.4, 0.5) is 5.13 Å². The molecule has 1 heterocycles. The van der Waals surface area contributed by atoms with E-state index in [2.05, 4.69) is 51.0 Å². The Balaban J connectivity index is 0.00000157. The van der Waals surface area contributed by atoms with Crippen molar-refractivity contribution in [2.45, 2.75) is 32.1 Å². The Morgan fingerprint density at radius 3 is 2.28 bits per heavy atom. The molecular weight excluding hydrogens is 462 g/mol. The molecule has 4 saturated carbocycles. The van der Waals surface area contributed by atoms with Gasteiger partial charge in [0.15, 0.2) is 0 Å². The van der Waals surface area contributed by atoms with Gasteiger partial charge in [0.25, 0.3) is 0 Å². The van der Waals surface area contributed by atoms with Crippen molar-refractivity contribution in [2.75, 3.05) is 5.43 Å². The van der Waals surface area contributed by atoms with Gasteiger partial charge in [-0.05, 0) is 67.9 Å². The molecule has 0 saturated heterocycles. The molecule has 4 bridgehead atoms. The largest absolute Gasteiger partial charge is 0.253 e. The highest BCUT2D eigenvalue weighted by atomic mass is 79.9. The number of hydrogen-bond acceptors (Lipinski definition) is 4. The monoisotopic (exact) mass is 481 g/mol. The first-order valence-corrected chi connectivity index (χ1v) is 10.5. The Bertz CT molecular complexity index is 754. The van der Waals surface area contributed by atoms with Crippen LogP contribution >= 0.6 is 44.2 Å². The van der Waals surface area contributed by atoms with E-state index in [1.165, 1.54) is 37.8 Å². The standard InChI is InChI=1S/C19H20BrN3S.BrH/c20-16-3-1-13(2-4-16)17-10-24-19(21-17)23-22-18-14-6-11-5-12(8-14)9-15(18)7-11;/h1-4,10-12,14-15H,5-9H2,(H,21,23);1H. The minimum atomic E-state index is 0. The molecule has 0 radical (unpaired) electrons. The number of nitrogens with zero attached hydrogens (tertiary/aromatic N) is 2. The van der Waals surface area contributed by atoms with Gasteiger partial charge < -0.3 is 0 Å². The fraction of sp³-hybridized carbons (Fsp3) is 0.474. The summed E-state index contributed by atoms with van der Waals surface area (Å²) in [5, 5.41) is 7.82. The lowest BCUT2D eigenvalue weighted by molar-refractivity contribution is 0.108. The van der Waals surface area contributed by atoms with Crippen molar-refractivity contribution in [3.05, 3.63) is 34.1 Å². The van der Waals surface area contributed by atoms with Crippen molar-refractivity contribution in [3.8, 4) is 11.3 Å². The fourth-order valence-electron chi connectivity index (χ4n) is 5.04. The van der Waals surface area contributed by atoms with Crippen molar-refractivity contribution in [3.63, 3.8) is 0 Å². The van der Waals surface area contributed by atoms with E-state index >= 15 is 0 Å². The number of anilines is 1. The van der Waals surface area contributed by atoms with Crippen molar-refractivity contribution in [1.29, 1.82) is 0 Å². The van der Waals surface area contributed by atoms with Crippen LogP contribution in [0.5, 0.6) is 0 Å². The maximum atomic E-state index is 4.82. The Morgan fingerprint density at radius 1 is 1.00 bits per heavy atom. The van der Waals surface area contributed by atoms with E-state index in [0.717, 1.165) is 44.5 Å². The molecule has 4 fully saturated rings. The second kappa shape index (κ2) is 7.12. The van der Waals surface area contributed by atoms with Gasteiger partial charge in [0.05, 0.1) is 5.69 Å². The Morgan fingerprint density at radius 2 is 1.64 bits per heavy atom. The lowest BCUT2D eigenvalue weighted by Crippen LogP contribution is -2.45. The smallest absolute Gasteiger partial charge is 0.203 e. The van der Waals surface area contributed by atoms with Crippen molar-refractivity contribution >= 4 is 55.1 Å². The summed E-state index contributed by atoms with van der Waals surface area (Å²) in [5.41, 5.74) is 6.85. The van der Waals surface area contributed by atoms with Gasteiger partial charge >= 0.3 is 0 Å². The number of halogens is 2. The number of aromatic nitrogens is 1. The van der Waals surface area contributed by atoms with Gasteiger partial charge in [-0.3, -0.25) is 5.43 Å². The van der Waals surface area contributed by atoms with E-state index in [4.69, 9.17) is 10.1 Å². The topological polar surface area (TPSA) is 37.3 Å². The molecule has 1 aromatic heterocycles. The molecule has 1 aromatic carbocycles. The summed E-state index contributed by atoms with van der Waals surface area (Å²) in [5.74, 6) is 3.44. The molecule has 3 nitrogen and oxygen atoms in total. The summed E-state index contributed by atoms with van der Waals surface area (Å²) in [6.45, 7) is 0. The summed E-state index contributed by atoms with van der Waals surface area (Å²) in [6, 6.07) is 8.28. The first-order valence-electron chi connectivity index (χ1n) is 8.79. The van der Waals surface area contributed by atoms with Crippen LogP contribution in [0, 0.1) is 23.7 Å². The van der Waals surface area contributed by atoms with Gasteiger partial charge in [-0.2, -0.15) is 5.10 Å². The van der Waals surface area contributed by atoms with Crippen LogP contribution in [-0.2, 0) is 0 Å². The van der Waals surface area contributed by atoms with Gasteiger partial charge in [-0.1, -0.05) is 28.1 Å². The van der Waals surface area contributed by atoms with Crippen molar-refractivity contribution in [2.24, 2.45) is 28.8 Å². The lowest BCUT2D eigenvalue weighted by Gasteiger charge is -2.50. The van der Waals surface area contributed by atoms with Crippen LogP contribution in [0.25, 0.3) is 11.3 Å². The lowest BCUT2D eigenvalue weighted by atomic mass is 9.55. The summed E-state index contributed by atoms with van der Waals surface area (Å²) in [4.78, 5) is 4.70. The van der Waals surface area contributed by atoms with Crippen LogP contribution in [0.1, 0.15) is 32.1 Å². The summed E-state index contributed by atoms with van der Waals surface area (Å²) >= 11 is 5.11. The zero-order valence-electron chi connectivity index (χ0n) is 13.8. The first-order chi connectivity index (χ1) is 11.7. The van der Waals surface area contributed by atoms with Crippen LogP contribution in [0.2, 0.25) is 0 Å². The molecule has 4 aliphatic carbocycles. The minimum absolute atomic E-state index is 0. The van der Waals surface area contributed by atoms with Crippen molar-refractivity contribution < 1.29 is 0 Å². The molecule has 0 amide bonds. The number of hydrazone groups is 1. The molecular formula is C19H21Br2N3S. The number of rotatable bonds is 3. The highest BCUT2D eigenvalue weighted by Crippen LogP contribution is 2.52. The van der Waals surface area contributed by atoms with E-state index in [1.807, 2.05) is 0 Å². The Kier molecular flexibility index (Phi) is 5.04. The van der Waals surface area contributed by atoms with Gasteiger partial charge in [0.1, 0.15) is 0 Å². The molecule has 0 atom stereocenters. The van der Waals surface area contributed by atoms with Crippen LogP contribution in [-0.4, -0.2) is 10.7 Å². The van der Waals surface area contributed by atoms with E-state index in [1.54, 1.807) is 11.3 Å². The van der Waals surface area contributed by atoms with E-state index in [0.29, 0.717) is 0 Å². The molecule has 132 valence electrons. The summed E-state index contributed by atoms with van der Waals surface area (Å²) in [7, 11) is 0. The van der Waals surface area contributed by atoms with E-state index in [-0.39, 0.29) is 17.0 Å². The molecule has 0 spiro atoms. The highest BCUT2D eigenvalue weighted by molar-refractivity contribution is 9.10. The second-order valence-electron chi connectivity index (χ2n) is 7.50. The van der Waals surface area contributed by atoms with Crippen LogP contribution in [0.3, 0.4) is 0 Å². The summed E-state index contributed by atoms with van der Waals surface area (Å²) < 4.78 is 1.09. The number of nitrogens with one attached hydrogen (secondary N) is 1. The number of thiazole rings is 1. The maximum Gasteiger partial charge on any atom is 0.203 e. The van der Waals surface area contributed by atoms with E-state index in [9.17, 15) is 0 Å². The third-order valence-corrected chi connectivity index (χ3v) is 7.18. The fourth-order valence-corrected chi connectivity index (χ4v) is 5.97. The van der Waals surface area contributed by atoms with Gasteiger partial charge in [-0.25, -0.2) is 4.98 Å². The van der Waals surface area contributed by atoms with E-state index < -0.39 is 0 Å². The van der Waals surface area contributed by atoms with Crippen LogP contribution in [0.15, 0.2) is 39.2 Å². The normalized spacial score (nSPS) is 29.4. The first kappa shape index (κ1) is 17.7. The Labute approximate surface area is 171 Å². The summed E-state index contributed by atoms with van der Waals surface area (Å²) in [6.07, 6.45) is 6.97. The molecule has 25 heavy (non-hydrogen) atoms. The predicted octanol–water partition coefficient (Wildman–Crippen LogP) is 6.37. The minimum Gasteiger partial charge on any atom is -0.253 e. The van der Waals surface area contributed by atoms with Gasteiger partial charge in [0.2, 0.25) is 5.13 Å². The average Bonchev–Trinajstić information content (AvgIpc) is 3.03. The molecule has 6 heteroatoms. The molecule has 1 N–H and O–H groups in total. The third-order valence-electron chi connectivity index (χ3n) is 5.90. The average molecular weight is 483 g/mol. The molecule has 4 aliphatic rings. The third kappa shape index (κ3) is 3.45. The quantitative estimate of drug-likeness (QED) is 0.515. The zero-order valence-corrected chi connectivity index (χ0v) is 17.9. The molecule has 0 aliphatic heterocycles. The SMILES string of the molecule is Br.Brc1ccc(-c2csc(NN=C3C4CC5CC(C4)CC3C5)n2)cc1. The Hall–Kier alpha value is -0.720. The zero-order chi connectivity index (χ0) is 16.1. The molecule has 6 rings (SSSR count). The molecule has 2 aromatic rings. The second-order valence-corrected chi connectivity index (χ2v) is 9.27. The van der Waals surface area contributed by atoms with Crippen molar-refractivity contribution in [1.82, 2.24) is 4.98 Å². The number of hydrogen-bond donors (Lipinski definition) is 1. The van der Waals surface area contributed by atoms with Crippen LogP contribution < -0.4 is 5.43 Å². The van der Waals surface area contributed by atoms with Gasteiger partial charge in [-0.15, -0.1) is 28.3 Å². The molecule has 0 unspecified atom stereocenters. The predicted molar refractivity (Wildman–Crippen MR) is 114 cm³/mol. The highest BCUT2D eigenvalue weighted by Gasteiger charge is 2.46. The maximum absolute atomic E-state index is 4.82.